The number of halogens is 1. The number of nitrogens with one attached hydrogen (secondary N) is 1. The van der Waals surface area contributed by atoms with Crippen molar-refractivity contribution in [3.8, 4) is 0 Å². The van der Waals surface area contributed by atoms with Gasteiger partial charge in [-0.1, -0.05) is 23.7 Å². The van der Waals surface area contributed by atoms with Crippen LogP contribution in [-0.4, -0.2) is 42.8 Å². The molecule has 0 aliphatic heterocycles. The average Bonchev–Trinajstić information content (AvgIpc) is 2.91. The van der Waals surface area contributed by atoms with E-state index in [1.807, 2.05) is 30.1 Å². The summed E-state index contributed by atoms with van der Waals surface area (Å²) in [6.07, 6.45) is 0. The van der Waals surface area contributed by atoms with E-state index in [0.717, 1.165) is 16.9 Å². The minimum Gasteiger partial charge on any atom is -0.462 e. The number of benzene rings is 1. The van der Waals surface area contributed by atoms with E-state index in [4.69, 9.17) is 16.3 Å². The first-order chi connectivity index (χ1) is 13.2. The van der Waals surface area contributed by atoms with Gasteiger partial charge < -0.3 is 10.1 Å². The molecular formula is C20H23ClN2O4S. The highest BCUT2D eigenvalue weighted by atomic mass is 35.5. The molecule has 0 atom stereocenters. The van der Waals surface area contributed by atoms with Gasteiger partial charge in [0.15, 0.2) is 5.78 Å². The van der Waals surface area contributed by atoms with Crippen molar-refractivity contribution in [3.63, 3.8) is 0 Å². The molecule has 6 nitrogen and oxygen atoms in total. The molecule has 0 unspecified atom stereocenters. The van der Waals surface area contributed by atoms with Gasteiger partial charge >= 0.3 is 5.97 Å². The lowest BCUT2D eigenvalue weighted by Gasteiger charge is -2.16. The maximum absolute atomic E-state index is 12.5. The first-order valence-corrected chi connectivity index (χ1v) is 9.96. The third kappa shape index (κ3) is 5.64. The molecule has 0 saturated heterocycles. The zero-order valence-electron chi connectivity index (χ0n) is 16.3. The van der Waals surface area contributed by atoms with E-state index in [9.17, 15) is 14.4 Å². The van der Waals surface area contributed by atoms with Gasteiger partial charge in [-0.3, -0.25) is 14.5 Å². The quantitative estimate of drug-likeness (QED) is 0.510. The highest BCUT2D eigenvalue weighted by Crippen LogP contribution is 2.34. The second-order valence-electron chi connectivity index (χ2n) is 6.39. The van der Waals surface area contributed by atoms with Crippen LogP contribution in [0.2, 0.25) is 5.02 Å². The summed E-state index contributed by atoms with van der Waals surface area (Å²) < 4.78 is 5.08. The number of hydrogen-bond donors (Lipinski definition) is 1. The number of anilines is 1. The fraction of sp³-hybridized carbons (Fsp3) is 0.350. The Morgan fingerprint density at radius 2 is 2.00 bits per heavy atom. The molecule has 1 aromatic heterocycles. The van der Waals surface area contributed by atoms with E-state index in [2.05, 4.69) is 5.32 Å². The lowest BCUT2D eigenvalue weighted by molar-refractivity contribution is -0.117. The number of amides is 1. The molecule has 0 bridgehead atoms. The Bertz CT molecular complexity index is 894. The van der Waals surface area contributed by atoms with Crippen LogP contribution >= 0.6 is 22.9 Å². The number of carbonyl (C=O) groups is 3. The first kappa shape index (κ1) is 22.1. The molecule has 1 heterocycles. The van der Waals surface area contributed by atoms with E-state index < -0.39 is 5.97 Å². The van der Waals surface area contributed by atoms with Gasteiger partial charge in [0.25, 0.3) is 0 Å². The number of nitrogens with zero attached hydrogens (tertiary/aromatic N) is 1. The average molecular weight is 423 g/mol. The fourth-order valence-electron chi connectivity index (χ4n) is 2.80. The molecule has 28 heavy (non-hydrogen) atoms. The third-order valence-corrected chi connectivity index (χ3v) is 5.50. The molecule has 150 valence electrons. The molecule has 8 heteroatoms. The van der Waals surface area contributed by atoms with Gasteiger partial charge in [0.2, 0.25) is 5.91 Å². The van der Waals surface area contributed by atoms with Crippen LogP contribution in [0.25, 0.3) is 0 Å². The van der Waals surface area contributed by atoms with Crippen molar-refractivity contribution in [1.29, 1.82) is 0 Å². The van der Waals surface area contributed by atoms with Gasteiger partial charge in [0.05, 0.1) is 23.6 Å². The van der Waals surface area contributed by atoms with E-state index in [0.29, 0.717) is 27.0 Å². The van der Waals surface area contributed by atoms with Crippen molar-refractivity contribution >= 4 is 45.6 Å². The van der Waals surface area contributed by atoms with E-state index in [1.54, 1.807) is 19.9 Å². The largest absolute Gasteiger partial charge is 0.462 e. The lowest BCUT2D eigenvalue weighted by atomic mass is 10.1. The maximum Gasteiger partial charge on any atom is 0.341 e. The summed E-state index contributed by atoms with van der Waals surface area (Å²) in [5.74, 6) is -0.996. The number of carbonyl (C=O) groups excluding carboxylic acids is 3. The number of likely N-dealkylation sites (N-methyl/N-ethyl adjacent to an activating group) is 1. The van der Waals surface area contributed by atoms with Gasteiger partial charge in [-0.2, -0.15) is 0 Å². The summed E-state index contributed by atoms with van der Waals surface area (Å²) in [4.78, 5) is 38.9. The molecule has 1 aromatic carbocycles. The van der Waals surface area contributed by atoms with E-state index >= 15 is 0 Å². The summed E-state index contributed by atoms with van der Waals surface area (Å²) in [5, 5.41) is 3.73. The molecule has 0 radical (unpaired) electrons. The van der Waals surface area contributed by atoms with Gasteiger partial charge in [-0.25, -0.2) is 4.79 Å². The Balaban J connectivity index is 2.13. The number of Topliss-reactive ketones (excluding diaryl/α,β-unsaturated/α-hetero) is 1. The standard InChI is InChI=1S/C20H23ClN2O4S/c1-5-27-20(26)17-12(2)18(13(3)24)28-19(17)22-16(25)11-23(4)10-14-7-6-8-15(21)9-14/h6-9H,5,10-11H2,1-4H3,(H,22,25). The number of rotatable bonds is 8. The zero-order valence-corrected chi connectivity index (χ0v) is 17.9. The molecule has 2 aromatic rings. The molecule has 2 rings (SSSR count). The van der Waals surface area contributed by atoms with Crippen molar-refractivity contribution in [2.24, 2.45) is 0 Å². The Morgan fingerprint density at radius 3 is 2.61 bits per heavy atom. The number of thiophene rings is 1. The van der Waals surface area contributed by atoms with Crippen LogP contribution < -0.4 is 5.32 Å². The maximum atomic E-state index is 12.5. The molecule has 0 fully saturated rings. The van der Waals surface area contributed by atoms with Crippen LogP contribution in [0.1, 0.15) is 45.0 Å². The predicted octanol–water partition coefficient (Wildman–Crippen LogP) is 4.16. The van der Waals surface area contributed by atoms with Crippen LogP contribution in [0.15, 0.2) is 24.3 Å². The zero-order chi connectivity index (χ0) is 20.8. The lowest BCUT2D eigenvalue weighted by Crippen LogP contribution is -2.30. The Kier molecular flexibility index (Phi) is 7.74. The number of ether oxygens (including phenoxy) is 1. The predicted molar refractivity (Wildman–Crippen MR) is 111 cm³/mol. The van der Waals surface area contributed by atoms with Gasteiger partial charge in [-0.15, -0.1) is 11.3 Å². The van der Waals surface area contributed by atoms with Crippen LogP contribution in [0.3, 0.4) is 0 Å². The molecule has 1 N–H and O–H groups in total. The number of ketones is 1. The second kappa shape index (κ2) is 9.82. The Morgan fingerprint density at radius 1 is 1.29 bits per heavy atom. The van der Waals surface area contributed by atoms with Crippen LogP contribution in [-0.2, 0) is 16.1 Å². The third-order valence-electron chi connectivity index (χ3n) is 3.95. The van der Waals surface area contributed by atoms with E-state index in [-0.39, 0.29) is 30.4 Å². The first-order valence-electron chi connectivity index (χ1n) is 8.77. The van der Waals surface area contributed by atoms with Crippen LogP contribution in [0, 0.1) is 6.92 Å². The monoisotopic (exact) mass is 422 g/mol. The summed E-state index contributed by atoms with van der Waals surface area (Å²) >= 11 is 7.08. The smallest absolute Gasteiger partial charge is 0.341 e. The molecular weight excluding hydrogens is 400 g/mol. The van der Waals surface area contributed by atoms with Gasteiger partial charge in [-0.05, 0) is 51.1 Å². The minimum absolute atomic E-state index is 0.112. The summed E-state index contributed by atoms with van der Waals surface area (Å²) in [6, 6.07) is 7.42. The van der Waals surface area contributed by atoms with Gasteiger partial charge in [0.1, 0.15) is 5.00 Å². The molecule has 0 spiro atoms. The highest BCUT2D eigenvalue weighted by molar-refractivity contribution is 7.18. The normalized spacial score (nSPS) is 10.8. The van der Waals surface area contributed by atoms with Gasteiger partial charge in [0, 0.05) is 11.6 Å². The van der Waals surface area contributed by atoms with Crippen LogP contribution in [0.5, 0.6) is 0 Å². The summed E-state index contributed by atoms with van der Waals surface area (Å²) in [6.45, 7) is 5.67. The van der Waals surface area contributed by atoms with E-state index in [1.165, 1.54) is 6.92 Å². The summed E-state index contributed by atoms with van der Waals surface area (Å²) in [7, 11) is 1.81. The fourth-order valence-corrected chi connectivity index (χ4v) is 4.12. The van der Waals surface area contributed by atoms with Crippen molar-refractivity contribution in [2.75, 3.05) is 25.5 Å². The SMILES string of the molecule is CCOC(=O)c1c(NC(=O)CN(C)Cc2cccc(Cl)c2)sc(C(C)=O)c1C. The molecule has 0 saturated carbocycles. The van der Waals surface area contributed by atoms with Crippen molar-refractivity contribution in [2.45, 2.75) is 27.3 Å². The Hall–Kier alpha value is -2.22. The topological polar surface area (TPSA) is 75.7 Å². The second-order valence-corrected chi connectivity index (χ2v) is 7.84. The molecule has 1 amide bonds. The minimum atomic E-state index is -0.550. The molecule has 0 aliphatic carbocycles. The van der Waals surface area contributed by atoms with Crippen molar-refractivity contribution in [1.82, 2.24) is 4.90 Å². The molecule has 0 aliphatic rings. The highest BCUT2D eigenvalue weighted by Gasteiger charge is 2.25. The Labute approximate surface area is 173 Å². The van der Waals surface area contributed by atoms with Crippen LogP contribution in [0.4, 0.5) is 5.00 Å². The van der Waals surface area contributed by atoms with Crippen molar-refractivity contribution in [3.05, 3.63) is 50.9 Å². The number of hydrogen-bond acceptors (Lipinski definition) is 6. The summed E-state index contributed by atoms with van der Waals surface area (Å²) in [5.41, 5.74) is 1.75. The van der Waals surface area contributed by atoms with Crippen molar-refractivity contribution < 1.29 is 19.1 Å². The number of esters is 1.